The quantitative estimate of drug-likeness (QED) is 0.421. The van der Waals surface area contributed by atoms with Crippen LogP contribution in [0.1, 0.15) is 58.8 Å². The molecule has 0 rings (SSSR count). The van der Waals surface area contributed by atoms with E-state index in [9.17, 15) is 9.70 Å². The van der Waals surface area contributed by atoms with Gasteiger partial charge in [0.25, 0.3) is 0 Å². The number of nitroso groups, excluding NO2 is 1. The monoisotopic (exact) mass is 199 g/mol. The Morgan fingerprint density at radius 3 is 2.21 bits per heavy atom. The highest BCUT2D eigenvalue weighted by Gasteiger charge is 2.12. The molecule has 0 heterocycles. The molecule has 0 saturated heterocycles. The van der Waals surface area contributed by atoms with Crippen molar-refractivity contribution in [3.05, 3.63) is 4.91 Å². The van der Waals surface area contributed by atoms with Gasteiger partial charge in [-0.1, -0.05) is 50.6 Å². The first kappa shape index (κ1) is 13.3. The standard InChI is InChI=1S/C11H21NO2/c1-3-4-5-6-7-8-9-11(12-14)10(2)13/h11H,3-9H2,1-2H3. The Labute approximate surface area is 86.2 Å². The van der Waals surface area contributed by atoms with Crippen molar-refractivity contribution in [3.8, 4) is 0 Å². The third kappa shape index (κ3) is 6.75. The van der Waals surface area contributed by atoms with Crippen LogP contribution in [-0.2, 0) is 4.79 Å². The van der Waals surface area contributed by atoms with Crippen LogP contribution in [0.5, 0.6) is 0 Å². The summed E-state index contributed by atoms with van der Waals surface area (Å²) in [6.07, 6.45) is 7.67. The Bertz CT molecular complexity index is 169. The van der Waals surface area contributed by atoms with E-state index < -0.39 is 6.04 Å². The third-order valence-corrected chi connectivity index (χ3v) is 2.43. The average Bonchev–Trinajstić information content (AvgIpc) is 2.16. The number of unbranched alkanes of at least 4 members (excludes halogenated alkanes) is 5. The van der Waals surface area contributed by atoms with Gasteiger partial charge >= 0.3 is 0 Å². The molecule has 0 saturated carbocycles. The summed E-state index contributed by atoms with van der Waals surface area (Å²) in [6.45, 7) is 3.62. The van der Waals surface area contributed by atoms with Gasteiger partial charge < -0.3 is 0 Å². The summed E-state index contributed by atoms with van der Waals surface area (Å²) in [5.74, 6) is -0.103. The lowest BCUT2D eigenvalue weighted by atomic mass is 10.0. The molecule has 0 aliphatic heterocycles. The molecule has 0 bridgehead atoms. The zero-order chi connectivity index (χ0) is 10.8. The number of carbonyl (C=O) groups is 1. The second-order valence-corrected chi connectivity index (χ2v) is 3.79. The van der Waals surface area contributed by atoms with Crippen molar-refractivity contribution in [3.63, 3.8) is 0 Å². The summed E-state index contributed by atoms with van der Waals surface area (Å²) >= 11 is 0. The Morgan fingerprint density at radius 2 is 1.71 bits per heavy atom. The van der Waals surface area contributed by atoms with E-state index >= 15 is 0 Å². The highest BCUT2D eigenvalue weighted by Crippen LogP contribution is 2.10. The Morgan fingerprint density at radius 1 is 1.14 bits per heavy atom. The first-order valence-electron chi connectivity index (χ1n) is 5.55. The van der Waals surface area contributed by atoms with E-state index in [1.807, 2.05) is 0 Å². The van der Waals surface area contributed by atoms with Crippen LogP contribution in [0.3, 0.4) is 0 Å². The second-order valence-electron chi connectivity index (χ2n) is 3.79. The molecule has 1 atom stereocenters. The van der Waals surface area contributed by atoms with Gasteiger partial charge in [0.2, 0.25) is 0 Å². The minimum atomic E-state index is -0.596. The number of Topliss-reactive ketones (excluding diaryl/α,β-unsaturated/α-hetero) is 1. The Balaban J connectivity index is 3.33. The van der Waals surface area contributed by atoms with Gasteiger partial charge in [0.1, 0.15) is 6.04 Å². The van der Waals surface area contributed by atoms with E-state index in [0.29, 0.717) is 6.42 Å². The lowest BCUT2D eigenvalue weighted by Gasteiger charge is -2.04. The average molecular weight is 199 g/mol. The number of nitrogens with zero attached hydrogens (tertiary/aromatic N) is 1. The van der Waals surface area contributed by atoms with Crippen molar-refractivity contribution < 1.29 is 4.79 Å². The van der Waals surface area contributed by atoms with Gasteiger partial charge in [0.15, 0.2) is 5.78 Å². The number of carbonyl (C=O) groups excluding carboxylic acids is 1. The SMILES string of the molecule is CCCCCCCCC(N=O)C(C)=O. The fraction of sp³-hybridized carbons (Fsp3) is 0.909. The zero-order valence-electron chi connectivity index (χ0n) is 9.29. The molecule has 0 aromatic heterocycles. The molecule has 82 valence electrons. The first-order chi connectivity index (χ1) is 6.72. The van der Waals surface area contributed by atoms with Crippen molar-refractivity contribution in [2.75, 3.05) is 0 Å². The van der Waals surface area contributed by atoms with Crippen LogP contribution in [0.25, 0.3) is 0 Å². The maximum Gasteiger partial charge on any atom is 0.157 e. The van der Waals surface area contributed by atoms with E-state index in [2.05, 4.69) is 12.1 Å². The van der Waals surface area contributed by atoms with Crippen LogP contribution in [0.4, 0.5) is 0 Å². The molecule has 1 unspecified atom stereocenters. The molecule has 0 fully saturated rings. The topological polar surface area (TPSA) is 46.5 Å². The fourth-order valence-electron chi connectivity index (χ4n) is 1.45. The van der Waals surface area contributed by atoms with Gasteiger partial charge in [-0.05, 0) is 13.3 Å². The summed E-state index contributed by atoms with van der Waals surface area (Å²) in [5, 5.41) is 2.82. The van der Waals surface area contributed by atoms with E-state index in [1.54, 1.807) is 0 Å². The van der Waals surface area contributed by atoms with Gasteiger partial charge in [0.05, 0.1) is 0 Å². The highest BCUT2D eigenvalue weighted by atomic mass is 16.3. The second kappa shape index (κ2) is 8.85. The molecule has 3 heteroatoms. The van der Waals surface area contributed by atoms with Crippen LogP contribution in [0.15, 0.2) is 5.18 Å². The molecule has 0 spiro atoms. The largest absolute Gasteiger partial charge is 0.297 e. The predicted octanol–water partition coefficient (Wildman–Crippen LogP) is 3.46. The molecule has 14 heavy (non-hydrogen) atoms. The third-order valence-electron chi connectivity index (χ3n) is 2.43. The van der Waals surface area contributed by atoms with Gasteiger partial charge in [-0.15, -0.1) is 0 Å². The molecule has 0 N–H and O–H groups in total. The minimum absolute atomic E-state index is 0.103. The maximum absolute atomic E-state index is 10.8. The number of hydrogen-bond donors (Lipinski definition) is 0. The van der Waals surface area contributed by atoms with Gasteiger partial charge in [-0.3, -0.25) is 4.79 Å². The van der Waals surface area contributed by atoms with E-state index in [4.69, 9.17) is 0 Å². The summed E-state index contributed by atoms with van der Waals surface area (Å²) in [4.78, 5) is 21.1. The minimum Gasteiger partial charge on any atom is -0.297 e. The van der Waals surface area contributed by atoms with E-state index in [1.165, 1.54) is 32.6 Å². The summed E-state index contributed by atoms with van der Waals surface area (Å²) in [7, 11) is 0. The normalized spacial score (nSPS) is 12.4. The highest BCUT2D eigenvalue weighted by molar-refractivity contribution is 5.81. The van der Waals surface area contributed by atoms with Crippen molar-refractivity contribution >= 4 is 5.78 Å². The van der Waals surface area contributed by atoms with Crippen LogP contribution in [-0.4, -0.2) is 11.8 Å². The zero-order valence-corrected chi connectivity index (χ0v) is 9.29. The molecule has 0 amide bonds. The first-order valence-corrected chi connectivity index (χ1v) is 5.55. The van der Waals surface area contributed by atoms with Gasteiger partial charge in [0, 0.05) is 0 Å². The number of rotatable bonds is 9. The van der Waals surface area contributed by atoms with E-state index in [-0.39, 0.29) is 5.78 Å². The molecule has 0 aromatic carbocycles. The maximum atomic E-state index is 10.8. The van der Waals surface area contributed by atoms with Crippen molar-refractivity contribution in [1.82, 2.24) is 0 Å². The van der Waals surface area contributed by atoms with Gasteiger partial charge in [-0.25, -0.2) is 0 Å². The Kier molecular flexibility index (Phi) is 8.39. The molecule has 3 nitrogen and oxygen atoms in total. The number of hydrogen-bond acceptors (Lipinski definition) is 3. The predicted molar refractivity (Wildman–Crippen MR) is 58.3 cm³/mol. The Hall–Kier alpha value is -0.730. The van der Waals surface area contributed by atoms with Gasteiger partial charge in [-0.2, -0.15) is 4.91 Å². The van der Waals surface area contributed by atoms with Crippen LogP contribution < -0.4 is 0 Å². The summed E-state index contributed by atoms with van der Waals surface area (Å²) < 4.78 is 0. The number of ketones is 1. The van der Waals surface area contributed by atoms with E-state index in [0.717, 1.165) is 12.8 Å². The van der Waals surface area contributed by atoms with Crippen LogP contribution >= 0.6 is 0 Å². The summed E-state index contributed by atoms with van der Waals surface area (Å²) in [6, 6.07) is -0.596. The van der Waals surface area contributed by atoms with Crippen LogP contribution in [0, 0.1) is 4.91 Å². The molecular formula is C11H21NO2. The summed E-state index contributed by atoms with van der Waals surface area (Å²) in [5.41, 5.74) is 0. The van der Waals surface area contributed by atoms with Crippen molar-refractivity contribution in [2.45, 2.75) is 64.8 Å². The molecular weight excluding hydrogens is 178 g/mol. The molecule has 0 aliphatic carbocycles. The lowest BCUT2D eigenvalue weighted by Crippen LogP contribution is -2.13. The van der Waals surface area contributed by atoms with Crippen LogP contribution in [0.2, 0.25) is 0 Å². The smallest absolute Gasteiger partial charge is 0.157 e. The lowest BCUT2D eigenvalue weighted by molar-refractivity contribution is -0.118. The van der Waals surface area contributed by atoms with Crippen molar-refractivity contribution in [1.29, 1.82) is 0 Å². The molecule has 0 radical (unpaired) electrons. The fourth-order valence-corrected chi connectivity index (χ4v) is 1.45. The molecule has 0 aromatic rings. The molecule has 0 aliphatic rings. The van der Waals surface area contributed by atoms with Crippen molar-refractivity contribution in [2.24, 2.45) is 5.18 Å².